The van der Waals surface area contributed by atoms with Crippen LogP contribution in [-0.2, 0) is 10.2 Å². The highest BCUT2D eigenvalue weighted by Gasteiger charge is 2.52. The van der Waals surface area contributed by atoms with E-state index in [4.69, 9.17) is 0 Å². The fraction of sp³-hybridized carbons (Fsp3) is 0.533. The number of carbonyl (C=O) groups is 1. The van der Waals surface area contributed by atoms with Gasteiger partial charge in [-0.25, -0.2) is 4.39 Å². The largest absolute Gasteiger partial charge is 0.389 e. The smallest absolute Gasteiger partial charge is 0.233 e. The van der Waals surface area contributed by atoms with E-state index in [9.17, 15) is 14.3 Å². The van der Waals surface area contributed by atoms with Gasteiger partial charge in [-0.2, -0.15) is 0 Å². The predicted molar refractivity (Wildman–Crippen MR) is 71.2 cm³/mol. The van der Waals surface area contributed by atoms with Crippen LogP contribution >= 0.6 is 0 Å². The number of aliphatic hydroxyl groups is 1. The number of halogens is 1. The van der Waals surface area contributed by atoms with Crippen molar-refractivity contribution in [2.75, 3.05) is 13.6 Å². The normalized spacial score (nSPS) is 17.1. The summed E-state index contributed by atoms with van der Waals surface area (Å²) in [6, 6.07) is 6.13. The van der Waals surface area contributed by atoms with Crippen LogP contribution in [0, 0.1) is 5.82 Å². The van der Waals surface area contributed by atoms with E-state index >= 15 is 0 Å². The van der Waals surface area contributed by atoms with E-state index < -0.39 is 11.0 Å². The summed E-state index contributed by atoms with van der Waals surface area (Å²) in [5.41, 5.74) is -0.557. The van der Waals surface area contributed by atoms with Gasteiger partial charge in [-0.15, -0.1) is 0 Å². The lowest BCUT2D eigenvalue weighted by molar-refractivity contribution is -0.135. The van der Waals surface area contributed by atoms with E-state index in [2.05, 4.69) is 0 Å². The van der Waals surface area contributed by atoms with Crippen LogP contribution in [0.25, 0.3) is 0 Å². The Morgan fingerprint density at radius 3 is 2.32 bits per heavy atom. The predicted octanol–water partition coefficient (Wildman–Crippen LogP) is 2.09. The number of carbonyl (C=O) groups excluding carboxylic acids is 1. The zero-order chi connectivity index (χ0) is 14.3. The van der Waals surface area contributed by atoms with Gasteiger partial charge in [0.05, 0.1) is 11.0 Å². The summed E-state index contributed by atoms with van der Waals surface area (Å²) in [6.45, 7) is 3.64. The number of hydrogen-bond acceptors (Lipinski definition) is 2. The molecule has 1 fully saturated rings. The van der Waals surface area contributed by atoms with Gasteiger partial charge in [0.25, 0.3) is 0 Å². The molecule has 2 rings (SSSR count). The summed E-state index contributed by atoms with van der Waals surface area (Å²) in [4.78, 5) is 14.1. The number of likely N-dealkylation sites (N-methyl/N-ethyl adjacent to an activating group) is 1. The van der Waals surface area contributed by atoms with Gasteiger partial charge in [-0.3, -0.25) is 4.79 Å². The van der Waals surface area contributed by atoms with Crippen molar-refractivity contribution in [1.29, 1.82) is 0 Å². The van der Waals surface area contributed by atoms with Crippen molar-refractivity contribution in [2.24, 2.45) is 0 Å². The molecule has 104 valence electrons. The molecule has 0 saturated heterocycles. The van der Waals surface area contributed by atoms with Crippen molar-refractivity contribution in [2.45, 2.75) is 37.7 Å². The van der Waals surface area contributed by atoms with Gasteiger partial charge >= 0.3 is 0 Å². The van der Waals surface area contributed by atoms with Gasteiger partial charge in [0, 0.05) is 13.6 Å². The van der Waals surface area contributed by atoms with Gasteiger partial charge in [-0.05, 0) is 44.4 Å². The minimum Gasteiger partial charge on any atom is -0.389 e. The van der Waals surface area contributed by atoms with Crippen molar-refractivity contribution in [3.8, 4) is 0 Å². The first-order valence-electron chi connectivity index (χ1n) is 6.49. The SMILES string of the molecule is CN(CC(C)(C)O)C(=O)C1(c2ccc(F)cc2)CC1. The Kier molecular flexibility index (Phi) is 3.39. The molecule has 19 heavy (non-hydrogen) atoms. The molecule has 4 heteroatoms. The molecule has 0 spiro atoms. The summed E-state index contributed by atoms with van der Waals surface area (Å²) >= 11 is 0. The van der Waals surface area contributed by atoms with Crippen molar-refractivity contribution < 1.29 is 14.3 Å². The van der Waals surface area contributed by atoms with E-state index in [0.717, 1.165) is 18.4 Å². The van der Waals surface area contributed by atoms with E-state index in [0.29, 0.717) is 0 Å². The van der Waals surface area contributed by atoms with Crippen LogP contribution in [0.2, 0.25) is 0 Å². The minimum absolute atomic E-state index is 0.00114. The summed E-state index contributed by atoms with van der Waals surface area (Å²) in [5, 5.41) is 9.79. The monoisotopic (exact) mass is 265 g/mol. The molecular formula is C15H20FNO2. The van der Waals surface area contributed by atoms with Crippen molar-refractivity contribution >= 4 is 5.91 Å². The Balaban J connectivity index is 2.16. The Bertz CT molecular complexity index is 472. The highest BCUT2D eigenvalue weighted by atomic mass is 19.1. The van der Waals surface area contributed by atoms with Crippen LogP contribution in [-0.4, -0.2) is 35.1 Å². The van der Waals surface area contributed by atoms with Gasteiger partial charge in [0.2, 0.25) is 5.91 Å². The second-order valence-corrected chi connectivity index (χ2v) is 6.06. The lowest BCUT2D eigenvalue weighted by atomic mass is 9.94. The molecule has 0 radical (unpaired) electrons. The Morgan fingerprint density at radius 2 is 1.89 bits per heavy atom. The van der Waals surface area contributed by atoms with Gasteiger partial charge in [0.1, 0.15) is 5.82 Å². The van der Waals surface area contributed by atoms with E-state index in [1.165, 1.54) is 12.1 Å². The number of rotatable bonds is 4. The van der Waals surface area contributed by atoms with Gasteiger partial charge < -0.3 is 10.0 Å². The molecule has 1 aromatic rings. The molecule has 0 aromatic heterocycles. The quantitative estimate of drug-likeness (QED) is 0.905. The fourth-order valence-corrected chi connectivity index (χ4v) is 2.54. The minimum atomic E-state index is -0.913. The average Bonchev–Trinajstić information content (AvgIpc) is 3.08. The zero-order valence-corrected chi connectivity index (χ0v) is 11.6. The van der Waals surface area contributed by atoms with E-state index in [1.54, 1.807) is 37.9 Å². The average molecular weight is 265 g/mol. The standard InChI is InChI=1S/C15H20FNO2/c1-14(2,19)10-17(3)13(18)15(8-9-15)11-4-6-12(16)7-5-11/h4-7,19H,8-10H2,1-3H3. The Morgan fingerprint density at radius 1 is 1.37 bits per heavy atom. The number of hydrogen-bond donors (Lipinski definition) is 1. The molecule has 1 aromatic carbocycles. The molecule has 1 saturated carbocycles. The van der Waals surface area contributed by atoms with Crippen LogP contribution in [0.15, 0.2) is 24.3 Å². The molecule has 1 amide bonds. The lowest BCUT2D eigenvalue weighted by Gasteiger charge is -2.29. The molecule has 1 aliphatic rings. The van der Waals surface area contributed by atoms with Crippen LogP contribution in [0.5, 0.6) is 0 Å². The maximum Gasteiger partial charge on any atom is 0.233 e. The third-order valence-corrected chi connectivity index (χ3v) is 3.53. The summed E-state index contributed by atoms with van der Waals surface area (Å²) in [5.74, 6) is -0.293. The molecule has 0 unspecified atom stereocenters. The summed E-state index contributed by atoms with van der Waals surface area (Å²) < 4.78 is 12.9. The molecule has 0 atom stereocenters. The number of amides is 1. The first-order chi connectivity index (χ1) is 8.74. The van der Waals surface area contributed by atoms with Crippen LogP contribution < -0.4 is 0 Å². The van der Waals surface area contributed by atoms with Crippen LogP contribution in [0.4, 0.5) is 4.39 Å². The van der Waals surface area contributed by atoms with Gasteiger partial charge in [0.15, 0.2) is 0 Å². The topological polar surface area (TPSA) is 40.5 Å². The van der Waals surface area contributed by atoms with Crippen molar-refractivity contribution in [1.82, 2.24) is 4.90 Å². The Hall–Kier alpha value is -1.42. The van der Waals surface area contributed by atoms with Crippen molar-refractivity contribution in [3.63, 3.8) is 0 Å². The van der Waals surface area contributed by atoms with Gasteiger partial charge in [-0.1, -0.05) is 12.1 Å². The molecule has 0 bridgehead atoms. The molecule has 3 nitrogen and oxygen atoms in total. The van der Waals surface area contributed by atoms with Crippen LogP contribution in [0.3, 0.4) is 0 Å². The molecule has 0 aliphatic heterocycles. The fourth-order valence-electron chi connectivity index (χ4n) is 2.54. The molecule has 0 heterocycles. The summed E-state index contributed by atoms with van der Waals surface area (Å²) in [6.07, 6.45) is 1.57. The molecule has 1 N–H and O–H groups in total. The molecular weight excluding hydrogens is 245 g/mol. The first kappa shape index (κ1) is 14.0. The number of benzene rings is 1. The maximum atomic E-state index is 12.9. The highest BCUT2D eigenvalue weighted by molar-refractivity contribution is 5.91. The molecule has 1 aliphatic carbocycles. The Labute approximate surface area is 113 Å². The van der Waals surface area contributed by atoms with Crippen molar-refractivity contribution in [3.05, 3.63) is 35.6 Å². The maximum absolute atomic E-state index is 12.9. The third-order valence-electron chi connectivity index (χ3n) is 3.53. The first-order valence-corrected chi connectivity index (χ1v) is 6.49. The highest BCUT2D eigenvalue weighted by Crippen LogP contribution is 2.49. The van der Waals surface area contributed by atoms with E-state index in [-0.39, 0.29) is 18.3 Å². The van der Waals surface area contributed by atoms with Crippen LogP contribution in [0.1, 0.15) is 32.3 Å². The third kappa shape index (κ3) is 2.95. The lowest BCUT2D eigenvalue weighted by Crippen LogP contribution is -2.44. The van der Waals surface area contributed by atoms with E-state index in [1.807, 2.05) is 0 Å². The summed E-state index contributed by atoms with van der Waals surface area (Å²) in [7, 11) is 1.70. The zero-order valence-electron chi connectivity index (χ0n) is 11.6. The number of nitrogens with zero attached hydrogens (tertiary/aromatic N) is 1. The second-order valence-electron chi connectivity index (χ2n) is 6.06. The second kappa shape index (κ2) is 4.60.